The number of phenolic OH excluding ortho intramolecular Hbond substituents is 1. The van der Waals surface area contributed by atoms with Gasteiger partial charge in [0, 0.05) is 25.8 Å². The molecule has 4 heteroatoms. The highest BCUT2D eigenvalue weighted by Gasteiger charge is 2.09. The van der Waals surface area contributed by atoms with Gasteiger partial charge in [-0.05, 0) is 35.9 Å². The van der Waals surface area contributed by atoms with Crippen LogP contribution in [0.4, 0.5) is 5.69 Å². The molecule has 0 bridgehead atoms. The number of benzene rings is 2. The average molecular weight is 297 g/mol. The molecule has 2 rings (SSSR count). The van der Waals surface area contributed by atoms with Crippen LogP contribution in [0.3, 0.4) is 0 Å². The van der Waals surface area contributed by atoms with Gasteiger partial charge >= 0.3 is 0 Å². The van der Waals surface area contributed by atoms with Crippen LogP contribution < -0.4 is 9.64 Å². The number of carbonyl (C=O) groups excluding carboxylic acids is 1. The first-order valence-corrected chi connectivity index (χ1v) is 6.88. The molecule has 0 aliphatic heterocycles. The normalized spacial score (nSPS) is 10.7. The average Bonchev–Trinajstić information content (AvgIpc) is 2.52. The predicted octanol–water partition coefficient (Wildman–Crippen LogP) is 3.36. The summed E-state index contributed by atoms with van der Waals surface area (Å²) in [6.07, 6.45) is 3.18. The first kappa shape index (κ1) is 15.6. The molecule has 0 saturated heterocycles. The van der Waals surface area contributed by atoms with Gasteiger partial charge in [0.05, 0.1) is 12.7 Å². The van der Waals surface area contributed by atoms with E-state index in [-0.39, 0.29) is 17.1 Å². The third-order valence-electron chi connectivity index (χ3n) is 3.31. The van der Waals surface area contributed by atoms with Crippen molar-refractivity contribution in [2.75, 3.05) is 26.1 Å². The van der Waals surface area contributed by atoms with Crippen LogP contribution in [-0.4, -0.2) is 32.1 Å². The van der Waals surface area contributed by atoms with Crippen molar-refractivity contribution in [3.05, 3.63) is 59.7 Å². The van der Waals surface area contributed by atoms with Gasteiger partial charge in [0.15, 0.2) is 5.78 Å². The van der Waals surface area contributed by atoms with Gasteiger partial charge in [0.1, 0.15) is 11.5 Å². The molecule has 0 aliphatic rings. The van der Waals surface area contributed by atoms with Gasteiger partial charge < -0.3 is 14.7 Å². The molecule has 0 radical (unpaired) electrons. The molecule has 0 heterocycles. The first-order valence-electron chi connectivity index (χ1n) is 6.88. The highest BCUT2D eigenvalue weighted by atomic mass is 16.5. The van der Waals surface area contributed by atoms with Gasteiger partial charge in [-0.25, -0.2) is 0 Å². The lowest BCUT2D eigenvalue weighted by molar-refractivity contribution is 0.104. The molecule has 0 fully saturated rings. The summed E-state index contributed by atoms with van der Waals surface area (Å²) in [7, 11) is 5.45. The van der Waals surface area contributed by atoms with Gasteiger partial charge in [0.25, 0.3) is 0 Å². The molecule has 0 spiro atoms. The number of methoxy groups -OCH3 is 1. The Balaban J connectivity index is 2.14. The van der Waals surface area contributed by atoms with E-state index >= 15 is 0 Å². The monoisotopic (exact) mass is 297 g/mol. The lowest BCUT2D eigenvalue weighted by Crippen LogP contribution is -2.07. The Bertz CT molecular complexity index is 688. The van der Waals surface area contributed by atoms with E-state index < -0.39 is 0 Å². The molecule has 114 valence electrons. The SMILES string of the molecule is COc1ccc(C(=O)C=Cc2ccc(N(C)C)cc2)c(O)c1. The molecule has 22 heavy (non-hydrogen) atoms. The summed E-state index contributed by atoms with van der Waals surface area (Å²) in [6.45, 7) is 0. The second-order valence-electron chi connectivity index (χ2n) is 5.07. The lowest BCUT2D eigenvalue weighted by Gasteiger charge is -2.11. The maximum atomic E-state index is 12.1. The fraction of sp³-hybridized carbons (Fsp3) is 0.167. The van der Waals surface area contributed by atoms with Gasteiger partial charge in [-0.3, -0.25) is 4.79 Å². The number of ether oxygens (including phenoxy) is 1. The topological polar surface area (TPSA) is 49.8 Å². The van der Waals surface area contributed by atoms with Crippen molar-refractivity contribution in [2.45, 2.75) is 0 Å². The van der Waals surface area contributed by atoms with Crippen molar-refractivity contribution in [2.24, 2.45) is 0 Å². The minimum Gasteiger partial charge on any atom is -0.507 e. The van der Waals surface area contributed by atoms with Crippen LogP contribution in [-0.2, 0) is 0 Å². The second-order valence-corrected chi connectivity index (χ2v) is 5.07. The van der Waals surface area contributed by atoms with Crippen molar-refractivity contribution in [3.63, 3.8) is 0 Å². The van der Waals surface area contributed by atoms with Crippen molar-refractivity contribution in [3.8, 4) is 11.5 Å². The zero-order chi connectivity index (χ0) is 16.1. The lowest BCUT2D eigenvalue weighted by atomic mass is 10.1. The van der Waals surface area contributed by atoms with Crippen LogP contribution in [0.25, 0.3) is 6.08 Å². The summed E-state index contributed by atoms with van der Waals surface area (Å²) in [6, 6.07) is 12.5. The highest BCUT2D eigenvalue weighted by Crippen LogP contribution is 2.24. The number of ketones is 1. The number of rotatable bonds is 5. The van der Waals surface area contributed by atoms with Crippen molar-refractivity contribution < 1.29 is 14.6 Å². The fourth-order valence-electron chi connectivity index (χ4n) is 1.99. The van der Waals surface area contributed by atoms with Crippen LogP contribution in [0.5, 0.6) is 11.5 Å². The smallest absolute Gasteiger partial charge is 0.189 e. The summed E-state index contributed by atoms with van der Waals surface area (Å²) in [4.78, 5) is 14.1. The van der Waals surface area contributed by atoms with Gasteiger partial charge in [-0.1, -0.05) is 18.2 Å². The molecule has 1 N–H and O–H groups in total. The summed E-state index contributed by atoms with van der Waals surface area (Å²) < 4.78 is 5.00. The van der Waals surface area contributed by atoms with E-state index in [1.165, 1.54) is 19.3 Å². The second kappa shape index (κ2) is 6.80. The maximum absolute atomic E-state index is 12.1. The van der Waals surface area contributed by atoms with Crippen LogP contribution in [0.2, 0.25) is 0 Å². The maximum Gasteiger partial charge on any atom is 0.189 e. The van der Waals surface area contributed by atoms with E-state index in [1.54, 1.807) is 18.2 Å². The Morgan fingerprint density at radius 2 is 1.82 bits per heavy atom. The molecule has 0 aromatic heterocycles. The Kier molecular flexibility index (Phi) is 4.84. The van der Waals surface area contributed by atoms with Crippen LogP contribution in [0, 0.1) is 0 Å². The van der Waals surface area contributed by atoms with Crippen LogP contribution >= 0.6 is 0 Å². The molecule has 2 aromatic rings. The van der Waals surface area contributed by atoms with E-state index in [1.807, 2.05) is 43.3 Å². The van der Waals surface area contributed by atoms with Gasteiger partial charge in [0.2, 0.25) is 0 Å². The third kappa shape index (κ3) is 3.67. The minimum absolute atomic E-state index is 0.0862. The predicted molar refractivity (Wildman–Crippen MR) is 88.8 cm³/mol. The first-order chi connectivity index (χ1) is 10.5. The number of hydrogen-bond acceptors (Lipinski definition) is 4. The number of anilines is 1. The molecular weight excluding hydrogens is 278 g/mol. The van der Waals surface area contributed by atoms with Crippen LogP contribution in [0.1, 0.15) is 15.9 Å². The number of carbonyl (C=O) groups is 1. The number of phenols is 1. The number of aromatic hydroxyl groups is 1. The van der Waals surface area contributed by atoms with Gasteiger partial charge in [-0.15, -0.1) is 0 Å². The molecule has 0 saturated carbocycles. The molecule has 2 aromatic carbocycles. The molecular formula is C18H19NO3. The zero-order valence-corrected chi connectivity index (χ0v) is 12.9. The number of nitrogens with zero attached hydrogens (tertiary/aromatic N) is 1. The van der Waals surface area contributed by atoms with E-state index in [0.29, 0.717) is 5.75 Å². The van der Waals surface area contributed by atoms with Crippen LogP contribution in [0.15, 0.2) is 48.5 Å². The zero-order valence-electron chi connectivity index (χ0n) is 12.9. The molecule has 0 atom stereocenters. The summed E-state index contributed by atoms with van der Waals surface area (Å²) >= 11 is 0. The fourth-order valence-corrected chi connectivity index (χ4v) is 1.99. The summed E-state index contributed by atoms with van der Waals surface area (Å²) in [5.74, 6) is 0.172. The Labute approximate surface area is 130 Å². The molecule has 0 unspecified atom stereocenters. The molecule has 0 aliphatic carbocycles. The standard InChI is InChI=1S/C18H19NO3/c1-19(2)14-7-4-13(5-8-14)6-11-17(20)16-10-9-15(22-3)12-18(16)21/h4-12,21H,1-3H3. The number of allylic oxidation sites excluding steroid dienone is 1. The Morgan fingerprint density at radius 1 is 1.14 bits per heavy atom. The summed E-state index contributed by atoms with van der Waals surface area (Å²) in [5.41, 5.74) is 2.27. The largest absolute Gasteiger partial charge is 0.507 e. The molecule has 4 nitrogen and oxygen atoms in total. The van der Waals surface area contributed by atoms with E-state index in [9.17, 15) is 9.90 Å². The Hall–Kier alpha value is -2.75. The van der Waals surface area contributed by atoms with Crippen molar-refractivity contribution in [1.82, 2.24) is 0 Å². The number of hydrogen-bond donors (Lipinski definition) is 1. The third-order valence-corrected chi connectivity index (χ3v) is 3.31. The molecule has 0 amide bonds. The van der Waals surface area contributed by atoms with Crippen molar-refractivity contribution in [1.29, 1.82) is 0 Å². The summed E-state index contributed by atoms with van der Waals surface area (Å²) in [5, 5.41) is 9.85. The quantitative estimate of drug-likeness (QED) is 0.679. The minimum atomic E-state index is -0.253. The van der Waals surface area contributed by atoms with Crippen molar-refractivity contribution >= 4 is 17.5 Å². The Morgan fingerprint density at radius 3 is 2.36 bits per heavy atom. The van der Waals surface area contributed by atoms with E-state index in [2.05, 4.69) is 0 Å². The van der Waals surface area contributed by atoms with E-state index in [0.717, 1.165) is 11.3 Å². The van der Waals surface area contributed by atoms with E-state index in [4.69, 9.17) is 4.74 Å². The van der Waals surface area contributed by atoms with Gasteiger partial charge in [-0.2, -0.15) is 0 Å². The highest BCUT2D eigenvalue weighted by molar-refractivity contribution is 6.08.